The summed E-state index contributed by atoms with van der Waals surface area (Å²) in [7, 11) is 0. The van der Waals surface area contributed by atoms with Gasteiger partial charge in [0.15, 0.2) is 0 Å². The molecule has 1 unspecified atom stereocenters. The smallest absolute Gasteiger partial charge is 0.308 e. The molecule has 28 heavy (non-hydrogen) atoms. The average Bonchev–Trinajstić information content (AvgIpc) is 3.01. The van der Waals surface area contributed by atoms with Crippen molar-refractivity contribution >= 4 is 29.3 Å². The Kier molecular flexibility index (Phi) is 7.31. The van der Waals surface area contributed by atoms with E-state index in [1.54, 1.807) is 36.1 Å². The molecule has 2 amide bonds. The summed E-state index contributed by atoms with van der Waals surface area (Å²) in [5.74, 6) is -1.29. The fraction of sp³-hybridized carbons (Fsp3) is 0.400. The molecule has 1 aliphatic heterocycles. The van der Waals surface area contributed by atoms with Crippen LogP contribution in [-0.2, 0) is 19.1 Å². The molecule has 0 aliphatic carbocycles. The SMILES string of the molecule is C=CC(CC(=O)OCC)NC(=O)C[C@@H]1CCN(c2ccc(C(=N)N)cc2)C1=O. The highest BCUT2D eigenvalue weighted by atomic mass is 16.5. The molecule has 1 heterocycles. The van der Waals surface area contributed by atoms with Crippen LogP contribution in [0.25, 0.3) is 0 Å². The van der Waals surface area contributed by atoms with Crippen molar-refractivity contribution in [2.45, 2.75) is 32.2 Å². The third kappa shape index (κ3) is 5.42. The number of benzene rings is 1. The molecule has 1 saturated heterocycles. The highest BCUT2D eigenvalue weighted by molar-refractivity contribution is 6.00. The summed E-state index contributed by atoms with van der Waals surface area (Å²) in [5, 5.41) is 10.1. The number of amides is 2. The molecule has 1 aromatic rings. The predicted molar refractivity (Wildman–Crippen MR) is 106 cm³/mol. The van der Waals surface area contributed by atoms with Crippen molar-refractivity contribution in [1.82, 2.24) is 5.32 Å². The van der Waals surface area contributed by atoms with E-state index in [-0.39, 0.29) is 37.1 Å². The minimum absolute atomic E-state index is 0.0102. The molecule has 0 spiro atoms. The lowest BCUT2D eigenvalue weighted by molar-refractivity contribution is -0.143. The first kappa shape index (κ1) is 21.1. The molecule has 150 valence electrons. The standard InChI is InChI=1S/C20H26N4O4/c1-3-15(12-18(26)28-4-2)23-17(25)11-14-9-10-24(20(14)27)16-7-5-13(6-8-16)19(21)22/h3,5-8,14-15H,1,4,9-12H2,2H3,(H3,21,22)(H,23,25)/t14-,15?/m0/s1. The van der Waals surface area contributed by atoms with Gasteiger partial charge in [0.05, 0.1) is 19.1 Å². The Labute approximate surface area is 164 Å². The van der Waals surface area contributed by atoms with Crippen molar-refractivity contribution in [3.8, 4) is 0 Å². The van der Waals surface area contributed by atoms with Crippen LogP contribution in [0.15, 0.2) is 36.9 Å². The van der Waals surface area contributed by atoms with Gasteiger partial charge in [0.1, 0.15) is 5.84 Å². The second kappa shape index (κ2) is 9.68. The molecule has 0 saturated carbocycles. The zero-order valence-electron chi connectivity index (χ0n) is 15.9. The number of hydrogen-bond donors (Lipinski definition) is 3. The maximum Gasteiger partial charge on any atom is 0.308 e. The van der Waals surface area contributed by atoms with Gasteiger partial charge in [-0.2, -0.15) is 0 Å². The molecular formula is C20H26N4O4. The quantitative estimate of drug-likeness (QED) is 0.256. The van der Waals surface area contributed by atoms with Crippen LogP contribution in [-0.4, -0.2) is 42.8 Å². The Morgan fingerprint density at radius 1 is 1.43 bits per heavy atom. The van der Waals surface area contributed by atoms with Gasteiger partial charge in [-0.15, -0.1) is 6.58 Å². The average molecular weight is 386 g/mol. The lowest BCUT2D eigenvalue weighted by Gasteiger charge is -2.18. The van der Waals surface area contributed by atoms with Gasteiger partial charge in [-0.1, -0.05) is 6.08 Å². The number of carbonyl (C=O) groups excluding carboxylic acids is 3. The highest BCUT2D eigenvalue weighted by Crippen LogP contribution is 2.27. The molecule has 0 bridgehead atoms. The lowest BCUT2D eigenvalue weighted by atomic mass is 10.0. The van der Waals surface area contributed by atoms with Gasteiger partial charge >= 0.3 is 5.97 Å². The van der Waals surface area contributed by atoms with Crippen molar-refractivity contribution in [3.05, 3.63) is 42.5 Å². The number of rotatable bonds is 9. The summed E-state index contributed by atoms with van der Waals surface area (Å²) >= 11 is 0. The fourth-order valence-corrected chi connectivity index (χ4v) is 3.09. The Morgan fingerprint density at radius 3 is 2.68 bits per heavy atom. The number of hydrogen-bond acceptors (Lipinski definition) is 5. The maximum atomic E-state index is 12.7. The van der Waals surface area contributed by atoms with E-state index in [9.17, 15) is 14.4 Å². The minimum atomic E-state index is -0.529. The number of amidine groups is 1. The molecule has 0 aromatic heterocycles. The molecule has 2 rings (SSSR count). The minimum Gasteiger partial charge on any atom is -0.466 e. The van der Waals surface area contributed by atoms with Crippen molar-refractivity contribution < 1.29 is 19.1 Å². The summed E-state index contributed by atoms with van der Waals surface area (Å²) in [6, 6.07) is 6.33. The summed E-state index contributed by atoms with van der Waals surface area (Å²) < 4.78 is 4.87. The Bertz CT molecular complexity index is 760. The van der Waals surface area contributed by atoms with E-state index in [2.05, 4.69) is 11.9 Å². The number of nitrogens with two attached hydrogens (primary N) is 1. The number of carbonyl (C=O) groups is 3. The lowest BCUT2D eigenvalue weighted by Crippen LogP contribution is -2.37. The van der Waals surface area contributed by atoms with Gasteiger partial charge in [-0.25, -0.2) is 0 Å². The second-order valence-electron chi connectivity index (χ2n) is 6.56. The van der Waals surface area contributed by atoms with Crippen LogP contribution in [0.1, 0.15) is 31.7 Å². The summed E-state index contributed by atoms with van der Waals surface area (Å²) in [4.78, 5) is 38.1. The molecule has 1 fully saturated rings. The van der Waals surface area contributed by atoms with Crippen LogP contribution in [0.3, 0.4) is 0 Å². The molecule has 1 aromatic carbocycles. The third-order valence-electron chi connectivity index (χ3n) is 4.56. The number of esters is 1. The number of nitrogens with zero attached hydrogens (tertiary/aromatic N) is 1. The third-order valence-corrected chi connectivity index (χ3v) is 4.56. The fourth-order valence-electron chi connectivity index (χ4n) is 3.09. The van der Waals surface area contributed by atoms with Gasteiger partial charge in [-0.05, 0) is 37.6 Å². The van der Waals surface area contributed by atoms with Crippen molar-refractivity contribution in [1.29, 1.82) is 5.41 Å². The number of ether oxygens (including phenoxy) is 1. The first-order valence-electron chi connectivity index (χ1n) is 9.19. The first-order chi connectivity index (χ1) is 13.3. The van der Waals surface area contributed by atoms with Gasteiger partial charge < -0.3 is 20.7 Å². The zero-order valence-corrected chi connectivity index (χ0v) is 15.9. The Hall–Kier alpha value is -3.16. The van der Waals surface area contributed by atoms with E-state index in [1.807, 2.05) is 0 Å². The van der Waals surface area contributed by atoms with Gasteiger partial charge in [-0.3, -0.25) is 19.8 Å². The van der Waals surface area contributed by atoms with E-state index >= 15 is 0 Å². The summed E-state index contributed by atoms with van der Waals surface area (Å²) in [6.07, 6.45) is 2.11. The van der Waals surface area contributed by atoms with E-state index in [4.69, 9.17) is 15.9 Å². The molecule has 8 heteroatoms. The van der Waals surface area contributed by atoms with Crippen LogP contribution in [0.2, 0.25) is 0 Å². The largest absolute Gasteiger partial charge is 0.466 e. The first-order valence-corrected chi connectivity index (χ1v) is 9.19. The van der Waals surface area contributed by atoms with Gasteiger partial charge in [0, 0.05) is 30.1 Å². The molecular weight excluding hydrogens is 360 g/mol. The molecule has 4 N–H and O–H groups in total. The summed E-state index contributed by atoms with van der Waals surface area (Å²) in [6.45, 7) is 6.13. The van der Waals surface area contributed by atoms with Gasteiger partial charge in [0.25, 0.3) is 0 Å². The van der Waals surface area contributed by atoms with Crippen LogP contribution in [0, 0.1) is 11.3 Å². The second-order valence-corrected chi connectivity index (χ2v) is 6.56. The van der Waals surface area contributed by atoms with Crippen molar-refractivity contribution in [2.75, 3.05) is 18.1 Å². The zero-order chi connectivity index (χ0) is 20.7. The van der Waals surface area contributed by atoms with Crippen molar-refractivity contribution in [3.63, 3.8) is 0 Å². The van der Waals surface area contributed by atoms with E-state index < -0.39 is 17.9 Å². The van der Waals surface area contributed by atoms with Crippen molar-refractivity contribution in [2.24, 2.45) is 11.7 Å². The van der Waals surface area contributed by atoms with E-state index in [0.717, 1.165) is 0 Å². The predicted octanol–water partition coefficient (Wildman–Crippen LogP) is 1.34. The van der Waals surface area contributed by atoms with Crippen LogP contribution in [0.4, 0.5) is 5.69 Å². The van der Waals surface area contributed by atoms with Gasteiger partial charge in [0.2, 0.25) is 11.8 Å². The van der Waals surface area contributed by atoms with E-state index in [1.165, 1.54) is 6.08 Å². The van der Waals surface area contributed by atoms with Crippen LogP contribution >= 0.6 is 0 Å². The Morgan fingerprint density at radius 2 is 2.11 bits per heavy atom. The molecule has 1 aliphatic rings. The summed E-state index contributed by atoms with van der Waals surface area (Å²) in [5.41, 5.74) is 6.74. The monoisotopic (exact) mass is 386 g/mol. The number of nitrogens with one attached hydrogen (secondary N) is 2. The van der Waals surface area contributed by atoms with Crippen LogP contribution < -0.4 is 16.0 Å². The molecule has 0 radical (unpaired) electrons. The van der Waals surface area contributed by atoms with E-state index in [0.29, 0.717) is 24.2 Å². The highest BCUT2D eigenvalue weighted by Gasteiger charge is 2.34. The van der Waals surface area contributed by atoms with Crippen LogP contribution in [0.5, 0.6) is 0 Å². The maximum absolute atomic E-state index is 12.7. The topological polar surface area (TPSA) is 126 Å². The number of nitrogen functional groups attached to an aromatic ring is 1. The number of anilines is 1. The normalized spacial score (nSPS) is 17.1. The molecule has 8 nitrogen and oxygen atoms in total. The Balaban J connectivity index is 1.91. The molecule has 2 atom stereocenters.